The first-order valence-corrected chi connectivity index (χ1v) is 9.88. The molecule has 156 valence electrons. The number of hydrogen-bond donors (Lipinski definition) is 2. The Morgan fingerprint density at radius 1 is 1.07 bits per heavy atom. The van der Waals surface area contributed by atoms with Gasteiger partial charge in [0.05, 0.1) is 12.7 Å². The van der Waals surface area contributed by atoms with Crippen LogP contribution in [0.2, 0.25) is 0 Å². The van der Waals surface area contributed by atoms with Crippen molar-refractivity contribution in [2.75, 3.05) is 31.4 Å². The van der Waals surface area contributed by atoms with Crippen LogP contribution in [0.5, 0.6) is 0 Å². The number of hydrogen-bond acceptors (Lipinski definition) is 10. The molecule has 0 aliphatic heterocycles. The van der Waals surface area contributed by atoms with Gasteiger partial charge in [-0.25, -0.2) is 32.7 Å². The van der Waals surface area contributed by atoms with Gasteiger partial charge < -0.3 is 9.64 Å². The van der Waals surface area contributed by atoms with E-state index in [9.17, 15) is 18.0 Å². The van der Waals surface area contributed by atoms with Crippen molar-refractivity contribution in [2.24, 2.45) is 0 Å². The number of nitrogens with one attached hydrogen (secondary N) is 2. The van der Waals surface area contributed by atoms with E-state index in [0.717, 1.165) is 7.11 Å². The maximum Gasteiger partial charge on any atom is 0.339 e. The third-order valence-electron chi connectivity index (χ3n) is 3.77. The lowest BCUT2D eigenvalue weighted by Crippen LogP contribution is -2.35. The predicted octanol–water partition coefficient (Wildman–Crippen LogP) is 0.783. The molecular formula is C17H17N7O5S. The summed E-state index contributed by atoms with van der Waals surface area (Å²) in [4.78, 5) is 41.9. The largest absolute Gasteiger partial charge is 0.465 e. The SMILES string of the molecule is COC(=O)c1ccccc1S(=O)(=O)NC(=O)Nc1nc(N(C)C)c2nccnc2n1. The zero-order valence-electron chi connectivity index (χ0n) is 16.1. The van der Waals surface area contributed by atoms with Crippen molar-refractivity contribution in [3.63, 3.8) is 0 Å². The fraction of sp³-hybridized carbons (Fsp3) is 0.176. The highest BCUT2D eigenvalue weighted by Crippen LogP contribution is 2.20. The van der Waals surface area contributed by atoms with Gasteiger partial charge in [0.25, 0.3) is 10.0 Å². The second kappa shape index (κ2) is 8.24. The first-order chi connectivity index (χ1) is 14.2. The van der Waals surface area contributed by atoms with Gasteiger partial charge >= 0.3 is 12.0 Å². The molecule has 0 bridgehead atoms. The molecule has 1 aromatic carbocycles. The zero-order chi connectivity index (χ0) is 21.9. The number of carbonyl (C=O) groups excluding carboxylic acids is 2. The number of anilines is 2. The summed E-state index contributed by atoms with van der Waals surface area (Å²) in [5.74, 6) is -0.661. The van der Waals surface area contributed by atoms with Gasteiger partial charge in [0.15, 0.2) is 17.0 Å². The standard InChI is InChI=1S/C17H17N7O5S/c1-24(2)14-12-13(19-9-8-18-12)20-16(21-14)22-17(26)23-30(27,28)11-7-5-4-6-10(11)15(25)29-3/h4-9H,1-3H3,(H2,19,20,21,22,23,26). The number of esters is 1. The van der Waals surface area contributed by atoms with Crippen LogP contribution in [0, 0.1) is 0 Å². The van der Waals surface area contributed by atoms with Gasteiger partial charge in [-0.05, 0) is 12.1 Å². The Balaban J connectivity index is 1.88. The molecule has 0 fully saturated rings. The lowest BCUT2D eigenvalue weighted by Gasteiger charge is -2.14. The Labute approximate surface area is 171 Å². The van der Waals surface area contributed by atoms with Crippen LogP contribution >= 0.6 is 0 Å². The maximum absolute atomic E-state index is 12.6. The Morgan fingerprint density at radius 2 is 1.77 bits per heavy atom. The average molecular weight is 431 g/mol. The number of nitrogens with zero attached hydrogens (tertiary/aromatic N) is 5. The fourth-order valence-corrected chi connectivity index (χ4v) is 3.60. The van der Waals surface area contributed by atoms with Crippen molar-refractivity contribution in [1.29, 1.82) is 0 Å². The van der Waals surface area contributed by atoms with Crippen molar-refractivity contribution < 1.29 is 22.7 Å². The number of aromatic nitrogens is 4. The Bertz CT molecular complexity index is 1230. The second-order valence-corrected chi connectivity index (χ2v) is 7.69. The number of ether oxygens (including phenoxy) is 1. The molecule has 0 spiro atoms. The molecule has 2 N–H and O–H groups in total. The van der Waals surface area contributed by atoms with Crippen molar-refractivity contribution in [1.82, 2.24) is 24.7 Å². The van der Waals surface area contributed by atoms with Crippen LogP contribution in [-0.4, -0.2) is 61.6 Å². The van der Waals surface area contributed by atoms with E-state index in [2.05, 4.69) is 30.0 Å². The van der Waals surface area contributed by atoms with Crippen molar-refractivity contribution in [3.05, 3.63) is 42.2 Å². The molecule has 30 heavy (non-hydrogen) atoms. The van der Waals surface area contributed by atoms with Gasteiger partial charge in [-0.2, -0.15) is 9.97 Å². The molecule has 0 aliphatic rings. The van der Waals surface area contributed by atoms with Gasteiger partial charge in [-0.3, -0.25) is 5.32 Å². The van der Waals surface area contributed by atoms with E-state index in [1.165, 1.54) is 36.7 Å². The molecule has 3 rings (SSSR count). The van der Waals surface area contributed by atoms with Crippen LogP contribution in [0.25, 0.3) is 11.2 Å². The molecule has 0 aliphatic carbocycles. The quantitative estimate of drug-likeness (QED) is 0.553. The number of sulfonamides is 1. The van der Waals surface area contributed by atoms with E-state index in [0.29, 0.717) is 11.3 Å². The predicted molar refractivity (Wildman–Crippen MR) is 107 cm³/mol. The fourth-order valence-electron chi connectivity index (χ4n) is 2.50. The molecule has 0 saturated carbocycles. The molecule has 12 nitrogen and oxygen atoms in total. The molecule has 0 radical (unpaired) electrons. The van der Waals surface area contributed by atoms with Crippen LogP contribution in [0.1, 0.15) is 10.4 Å². The lowest BCUT2D eigenvalue weighted by atomic mass is 10.2. The van der Waals surface area contributed by atoms with E-state index in [1.807, 2.05) is 4.72 Å². The summed E-state index contributed by atoms with van der Waals surface area (Å²) in [6, 6.07) is 4.20. The minimum Gasteiger partial charge on any atom is -0.465 e. The minimum absolute atomic E-state index is 0.180. The zero-order valence-corrected chi connectivity index (χ0v) is 17.0. The second-order valence-electron chi connectivity index (χ2n) is 6.04. The minimum atomic E-state index is -4.39. The first-order valence-electron chi connectivity index (χ1n) is 8.40. The molecular weight excluding hydrogens is 414 g/mol. The number of methoxy groups -OCH3 is 1. The topological polar surface area (TPSA) is 156 Å². The van der Waals surface area contributed by atoms with Gasteiger partial charge in [-0.15, -0.1) is 0 Å². The van der Waals surface area contributed by atoms with Crippen molar-refractivity contribution >= 4 is 45.0 Å². The van der Waals surface area contributed by atoms with E-state index < -0.39 is 26.9 Å². The summed E-state index contributed by atoms with van der Waals surface area (Å²) in [5, 5.41) is 2.26. The molecule has 3 aromatic rings. The van der Waals surface area contributed by atoms with E-state index in [1.54, 1.807) is 19.0 Å². The number of fused-ring (bicyclic) bond motifs is 1. The van der Waals surface area contributed by atoms with Gasteiger partial charge in [0, 0.05) is 26.5 Å². The van der Waals surface area contributed by atoms with Crippen LogP contribution in [0.3, 0.4) is 0 Å². The Hall–Kier alpha value is -3.87. The van der Waals surface area contributed by atoms with Crippen LogP contribution in [-0.2, 0) is 14.8 Å². The summed E-state index contributed by atoms with van der Waals surface area (Å²) < 4.78 is 31.6. The molecule has 0 unspecified atom stereocenters. The highest BCUT2D eigenvalue weighted by molar-refractivity contribution is 7.90. The van der Waals surface area contributed by atoms with Gasteiger partial charge in [-0.1, -0.05) is 12.1 Å². The average Bonchev–Trinajstić information content (AvgIpc) is 2.72. The summed E-state index contributed by atoms with van der Waals surface area (Å²) in [7, 11) is 0.162. The summed E-state index contributed by atoms with van der Waals surface area (Å²) in [5.41, 5.74) is 0.408. The molecule has 2 heterocycles. The third-order valence-corrected chi connectivity index (χ3v) is 5.16. The number of benzene rings is 1. The highest BCUT2D eigenvalue weighted by atomic mass is 32.2. The summed E-state index contributed by atoms with van der Waals surface area (Å²) in [6.07, 6.45) is 2.90. The van der Waals surface area contributed by atoms with E-state index in [-0.39, 0.29) is 17.2 Å². The highest BCUT2D eigenvalue weighted by Gasteiger charge is 2.25. The summed E-state index contributed by atoms with van der Waals surface area (Å²) in [6.45, 7) is 0. The van der Waals surface area contributed by atoms with Crippen molar-refractivity contribution in [2.45, 2.75) is 4.90 Å². The maximum atomic E-state index is 12.6. The molecule has 0 saturated heterocycles. The monoisotopic (exact) mass is 431 g/mol. The van der Waals surface area contributed by atoms with Gasteiger partial charge in [0.2, 0.25) is 5.95 Å². The summed E-state index contributed by atoms with van der Waals surface area (Å²) >= 11 is 0. The Kier molecular flexibility index (Phi) is 5.73. The van der Waals surface area contributed by atoms with Crippen LogP contribution in [0.4, 0.5) is 16.6 Å². The molecule has 13 heteroatoms. The lowest BCUT2D eigenvalue weighted by molar-refractivity contribution is 0.0596. The first kappa shape index (κ1) is 20.9. The number of carbonyl (C=O) groups is 2. The normalized spacial score (nSPS) is 11.0. The van der Waals surface area contributed by atoms with Crippen LogP contribution < -0.4 is 14.9 Å². The number of amides is 2. The number of urea groups is 1. The molecule has 2 aromatic heterocycles. The van der Waals surface area contributed by atoms with E-state index >= 15 is 0 Å². The van der Waals surface area contributed by atoms with Crippen LogP contribution in [0.15, 0.2) is 41.6 Å². The van der Waals surface area contributed by atoms with Gasteiger partial charge in [0.1, 0.15) is 4.90 Å². The third kappa shape index (κ3) is 4.25. The molecule has 2 amide bonds. The smallest absolute Gasteiger partial charge is 0.339 e. The van der Waals surface area contributed by atoms with E-state index in [4.69, 9.17) is 0 Å². The number of rotatable bonds is 5. The van der Waals surface area contributed by atoms with Crippen molar-refractivity contribution in [3.8, 4) is 0 Å². The molecule has 0 atom stereocenters. The Morgan fingerprint density at radius 3 is 2.47 bits per heavy atom.